The van der Waals surface area contributed by atoms with Crippen molar-refractivity contribution in [2.45, 2.75) is 25.2 Å². The minimum absolute atomic E-state index is 0.130. The van der Waals surface area contributed by atoms with E-state index in [-0.39, 0.29) is 37.0 Å². The van der Waals surface area contributed by atoms with E-state index >= 15 is 0 Å². The molecule has 0 spiro atoms. The first-order valence-electron chi connectivity index (χ1n) is 9.55. The van der Waals surface area contributed by atoms with Gasteiger partial charge in [0.05, 0.1) is 17.6 Å². The van der Waals surface area contributed by atoms with Crippen LogP contribution in [0.3, 0.4) is 0 Å². The summed E-state index contributed by atoms with van der Waals surface area (Å²) in [6.07, 6.45) is 0.546. The summed E-state index contributed by atoms with van der Waals surface area (Å²) in [4.78, 5) is 29.9. The first kappa shape index (κ1) is 22.3. The second-order valence-corrected chi connectivity index (χ2v) is 9.35. The Morgan fingerprint density at radius 1 is 1.20 bits per heavy atom. The lowest BCUT2D eigenvalue weighted by atomic mass is 10.1. The van der Waals surface area contributed by atoms with Crippen LogP contribution in [0.1, 0.15) is 39.0 Å². The van der Waals surface area contributed by atoms with Crippen molar-refractivity contribution in [1.82, 2.24) is 14.2 Å². The van der Waals surface area contributed by atoms with Crippen LogP contribution in [-0.4, -0.2) is 67.8 Å². The van der Waals surface area contributed by atoms with Gasteiger partial charge in [0.1, 0.15) is 5.69 Å². The van der Waals surface area contributed by atoms with Crippen LogP contribution >= 0.6 is 11.6 Å². The monoisotopic (exact) mass is 453 g/mol. The summed E-state index contributed by atoms with van der Waals surface area (Å²) < 4.78 is 31.9. The van der Waals surface area contributed by atoms with Crippen LogP contribution in [0.2, 0.25) is 5.02 Å². The number of hydrogen-bond acceptors (Lipinski definition) is 5. The molecule has 10 heteroatoms. The first-order valence-corrected chi connectivity index (χ1v) is 11.4. The molecule has 0 atom stereocenters. The molecular weight excluding hydrogens is 430 g/mol. The Morgan fingerprint density at radius 2 is 1.87 bits per heavy atom. The van der Waals surface area contributed by atoms with Crippen LogP contribution in [0.15, 0.2) is 29.2 Å². The molecule has 3 rings (SSSR count). The Kier molecular flexibility index (Phi) is 6.54. The highest BCUT2D eigenvalue weighted by atomic mass is 35.5. The highest BCUT2D eigenvalue weighted by Gasteiger charge is 2.32. The predicted octanol–water partition coefficient (Wildman–Crippen LogP) is 2.47. The van der Waals surface area contributed by atoms with E-state index < -0.39 is 16.0 Å². The summed E-state index contributed by atoms with van der Waals surface area (Å²) in [5.41, 5.74) is 1.89. The largest absolute Gasteiger partial charge is 0.465 e. The van der Waals surface area contributed by atoms with E-state index in [2.05, 4.69) is 4.98 Å². The van der Waals surface area contributed by atoms with Crippen molar-refractivity contribution >= 4 is 33.5 Å². The maximum Gasteiger partial charge on any atom is 0.339 e. The number of aromatic nitrogens is 1. The van der Waals surface area contributed by atoms with Crippen LogP contribution in [-0.2, 0) is 21.2 Å². The summed E-state index contributed by atoms with van der Waals surface area (Å²) in [5, 5.41) is 0.347. The minimum atomic E-state index is -3.69. The number of carbonyl (C=O) groups is 2. The molecule has 1 aromatic carbocycles. The van der Waals surface area contributed by atoms with Gasteiger partial charge < -0.3 is 14.6 Å². The number of amides is 1. The molecule has 1 fully saturated rings. The third kappa shape index (κ3) is 4.10. The highest BCUT2D eigenvalue weighted by molar-refractivity contribution is 7.89. The van der Waals surface area contributed by atoms with Gasteiger partial charge in [-0.1, -0.05) is 24.6 Å². The number of H-pyrrole nitrogens is 1. The first-order chi connectivity index (χ1) is 14.2. The van der Waals surface area contributed by atoms with Gasteiger partial charge in [0.15, 0.2) is 0 Å². The lowest BCUT2D eigenvalue weighted by Crippen LogP contribution is -2.50. The van der Waals surface area contributed by atoms with Crippen molar-refractivity contribution in [3.8, 4) is 0 Å². The molecule has 0 unspecified atom stereocenters. The van der Waals surface area contributed by atoms with Gasteiger partial charge in [-0.2, -0.15) is 4.31 Å². The zero-order valence-electron chi connectivity index (χ0n) is 17.1. The molecule has 0 radical (unpaired) electrons. The zero-order valence-corrected chi connectivity index (χ0v) is 18.6. The molecule has 2 aromatic rings. The fourth-order valence-corrected chi connectivity index (χ4v) is 5.31. The molecule has 0 bridgehead atoms. The molecule has 0 saturated carbocycles. The van der Waals surface area contributed by atoms with E-state index in [0.29, 0.717) is 34.0 Å². The Hall–Kier alpha value is -2.36. The molecule has 30 heavy (non-hydrogen) atoms. The lowest BCUT2D eigenvalue weighted by Gasteiger charge is -2.34. The number of methoxy groups -OCH3 is 1. The highest BCUT2D eigenvalue weighted by Crippen LogP contribution is 2.24. The average Bonchev–Trinajstić information content (AvgIpc) is 3.09. The molecule has 8 nitrogen and oxygen atoms in total. The van der Waals surface area contributed by atoms with Crippen molar-refractivity contribution in [3.05, 3.63) is 51.8 Å². The van der Waals surface area contributed by atoms with Gasteiger partial charge in [-0.05, 0) is 37.1 Å². The number of nitrogens with one attached hydrogen (secondary N) is 1. The Balaban J connectivity index is 1.76. The molecular formula is C20H24ClN3O5S. The van der Waals surface area contributed by atoms with Crippen molar-refractivity contribution in [1.29, 1.82) is 0 Å². The number of halogens is 1. The summed E-state index contributed by atoms with van der Waals surface area (Å²) >= 11 is 5.92. The SMILES string of the molecule is CCc1[nH]c(C(=O)N2CCN(S(=O)(=O)c3cccc(Cl)c3)CC2)c(C)c1C(=O)OC. The van der Waals surface area contributed by atoms with Crippen molar-refractivity contribution in [3.63, 3.8) is 0 Å². The number of piperazine rings is 1. The zero-order chi connectivity index (χ0) is 22.1. The summed E-state index contributed by atoms with van der Waals surface area (Å²) in [7, 11) is -2.38. The normalized spacial score (nSPS) is 15.3. The number of esters is 1. The third-order valence-corrected chi connectivity index (χ3v) is 7.37. The molecule has 0 aliphatic carbocycles. The molecule has 1 aromatic heterocycles. The van der Waals surface area contributed by atoms with Gasteiger partial charge in [0.2, 0.25) is 10.0 Å². The van der Waals surface area contributed by atoms with E-state index in [1.807, 2.05) is 6.92 Å². The average molecular weight is 454 g/mol. The summed E-state index contributed by atoms with van der Waals surface area (Å²) in [6, 6.07) is 6.12. The number of ether oxygens (including phenoxy) is 1. The number of aromatic amines is 1. The molecule has 1 N–H and O–H groups in total. The number of sulfonamides is 1. The molecule has 2 heterocycles. The molecule has 1 saturated heterocycles. The number of aryl methyl sites for hydroxylation is 1. The summed E-state index contributed by atoms with van der Waals surface area (Å²) in [6.45, 7) is 4.41. The maximum atomic E-state index is 13.0. The van der Waals surface area contributed by atoms with Gasteiger partial charge in [0, 0.05) is 36.9 Å². The van der Waals surface area contributed by atoms with Crippen LogP contribution in [0.4, 0.5) is 0 Å². The van der Waals surface area contributed by atoms with Gasteiger partial charge in [-0.25, -0.2) is 13.2 Å². The minimum Gasteiger partial charge on any atom is -0.465 e. The standard InChI is InChI=1S/C20H24ClN3O5S/c1-4-16-17(20(26)29-3)13(2)18(22-16)19(25)23-8-10-24(11-9-23)30(27,28)15-7-5-6-14(21)12-15/h5-7,12,22H,4,8-11H2,1-3H3. The van der Waals surface area contributed by atoms with Crippen molar-refractivity contribution in [2.75, 3.05) is 33.3 Å². The van der Waals surface area contributed by atoms with Crippen molar-refractivity contribution < 1.29 is 22.7 Å². The van der Waals surface area contributed by atoms with E-state index in [4.69, 9.17) is 16.3 Å². The molecule has 1 aliphatic rings. The second-order valence-electron chi connectivity index (χ2n) is 6.98. The van der Waals surface area contributed by atoms with E-state index in [9.17, 15) is 18.0 Å². The number of hydrogen-bond donors (Lipinski definition) is 1. The number of nitrogens with zero attached hydrogens (tertiary/aromatic N) is 2. The van der Waals surface area contributed by atoms with Crippen LogP contribution < -0.4 is 0 Å². The maximum absolute atomic E-state index is 13.0. The smallest absolute Gasteiger partial charge is 0.339 e. The quantitative estimate of drug-likeness (QED) is 0.701. The Labute approximate surface area is 180 Å². The summed E-state index contributed by atoms with van der Waals surface area (Å²) in [5.74, 6) is -0.755. The second kappa shape index (κ2) is 8.79. The van der Waals surface area contributed by atoms with Crippen LogP contribution in [0, 0.1) is 6.92 Å². The number of rotatable bonds is 5. The van der Waals surface area contributed by atoms with Gasteiger partial charge in [-0.15, -0.1) is 0 Å². The van der Waals surface area contributed by atoms with Crippen LogP contribution in [0.5, 0.6) is 0 Å². The fourth-order valence-electron chi connectivity index (χ4n) is 3.58. The lowest BCUT2D eigenvalue weighted by molar-refractivity contribution is 0.0599. The van der Waals surface area contributed by atoms with E-state index in [1.165, 1.54) is 23.5 Å². The third-order valence-electron chi connectivity index (χ3n) is 5.24. The fraction of sp³-hybridized carbons (Fsp3) is 0.400. The van der Waals surface area contributed by atoms with E-state index in [0.717, 1.165) is 0 Å². The number of carbonyl (C=O) groups excluding carboxylic acids is 2. The molecule has 162 valence electrons. The Morgan fingerprint density at radius 3 is 2.43 bits per heavy atom. The Bertz CT molecular complexity index is 1070. The topological polar surface area (TPSA) is 99.8 Å². The van der Waals surface area contributed by atoms with Gasteiger partial charge in [0.25, 0.3) is 5.91 Å². The van der Waals surface area contributed by atoms with Gasteiger partial charge >= 0.3 is 5.97 Å². The predicted molar refractivity (Wildman–Crippen MR) is 112 cm³/mol. The van der Waals surface area contributed by atoms with Crippen LogP contribution in [0.25, 0.3) is 0 Å². The molecule has 1 aliphatic heterocycles. The van der Waals surface area contributed by atoms with E-state index in [1.54, 1.807) is 24.0 Å². The number of benzene rings is 1. The molecule has 1 amide bonds. The van der Waals surface area contributed by atoms with Crippen molar-refractivity contribution in [2.24, 2.45) is 0 Å². The van der Waals surface area contributed by atoms with Gasteiger partial charge in [-0.3, -0.25) is 4.79 Å².